The molecule has 0 saturated carbocycles. The van der Waals surface area contributed by atoms with Gasteiger partial charge in [-0.3, -0.25) is 4.40 Å². The monoisotopic (exact) mass is 288 g/mol. The molecular formula is C16H12N6. The van der Waals surface area contributed by atoms with Crippen molar-refractivity contribution in [2.24, 2.45) is 0 Å². The summed E-state index contributed by atoms with van der Waals surface area (Å²) in [6, 6.07) is 13.5. The van der Waals surface area contributed by atoms with E-state index in [0.29, 0.717) is 11.7 Å². The third-order valence-electron chi connectivity index (χ3n) is 3.24. The summed E-state index contributed by atoms with van der Waals surface area (Å²) in [6.07, 6.45) is 7.12. The molecule has 22 heavy (non-hydrogen) atoms. The maximum Gasteiger partial charge on any atom is 0.234 e. The Labute approximate surface area is 126 Å². The first-order valence-electron chi connectivity index (χ1n) is 6.84. The fraction of sp³-hybridized carbons (Fsp3) is 0. The molecule has 4 rings (SSSR count). The lowest BCUT2D eigenvalue weighted by Crippen LogP contribution is -1.98. The summed E-state index contributed by atoms with van der Waals surface area (Å²) in [5, 5.41) is 3.19. The molecule has 0 unspecified atom stereocenters. The lowest BCUT2D eigenvalue weighted by atomic mass is 10.3. The summed E-state index contributed by atoms with van der Waals surface area (Å²) >= 11 is 0. The number of aromatic nitrogens is 5. The first-order chi connectivity index (χ1) is 10.9. The Hall–Kier alpha value is -3.28. The SMILES string of the molecule is c1ccc(Nc2nccc(-c3cnc4ncccn34)n2)cc1. The molecule has 0 spiro atoms. The molecule has 0 fully saturated rings. The molecule has 1 aromatic carbocycles. The largest absolute Gasteiger partial charge is 0.324 e. The predicted octanol–water partition coefficient (Wildman–Crippen LogP) is 2.93. The number of para-hydroxylation sites is 1. The summed E-state index contributed by atoms with van der Waals surface area (Å²) in [5.74, 6) is 1.19. The molecule has 6 heteroatoms. The number of imidazole rings is 1. The highest BCUT2D eigenvalue weighted by atomic mass is 15.1. The Morgan fingerprint density at radius 2 is 1.77 bits per heavy atom. The van der Waals surface area contributed by atoms with Crippen LogP contribution in [0.1, 0.15) is 0 Å². The molecule has 1 N–H and O–H groups in total. The van der Waals surface area contributed by atoms with Crippen LogP contribution in [0.15, 0.2) is 67.3 Å². The quantitative estimate of drug-likeness (QED) is 0.627. The van der Waals surface area contributed by atoms with Gasteiger partial charge in [0.15, 0.2) is 0 Å². The van der Waals surface area contributed by atoms with Crippen molar-refractivity contribution in [1.29, 1.82) is 0 Å². The molecule has 0 atom stereocenters. The number of anilines is 2. The predicted molar refractivity (Wildman–Crippen MR) is 83.7 cm³/mol. The van der Waals surface area contributed by atoms with Gasteiger partial charge in [0, 0.05) is 24.3 Å². The zero-order chi connectivity index (χ0) is 14.8. The van der Waals surface area contributed by atoms with E-state index in [4.69, 9.17) is 0 Å². The van der Waals surface area contributed by atoms with Gasteiger partial charge in [-0.2, -0.15) is 0 Å². The van der Waals surface area contributed by atoms with Crippen LogP contribution >= 0.6 is 0 Å². The molecule has 0 saturated heterocycles. The number of hydrogen-bond donors (Lipinski definition) is 1. The first-order valence-corrected chi connectivity index (χ1v) is 6.84. The van der Waals surface area contributed by atoms with E-state index in [2.05, 4.69) is 25.3 Å². The Morgan fingerprint density at radius 1 is 0.864 bits per heavy atom. The third kappa shape index (κ3) is 2.26. The molecule has 0 aliphatic carbocycles. The molecule has 6 nitrogen and oxygen atoms in total. The summed E-state index contributed by atoms with van der Waals surface area (Å²) in [6.45, 7) is 0. The van der Waals surface area contributed by atoms with Crippen LogP contribution in [0.3, 0.4) is 0 Å². The topological polar surface area (TPSA) is 68.0 Å². The Balaban J connectivity index is 1.73. The van der Waals surface area contributed by atoms with Gasteiger partial charge in [-0.05, 0) is 24.3 Å². The Kier molecular flexibility index (Phi) is 2.97. The van der Waals surface area contributed by atoms with Crippen LogP contribution < -0.4 is 5.32 Å². The van der Waals surface area contributed by atoms with Crippen LogP contribution in [0.5, 0.6) is 0 Å². The number of benzene rings is 1. The third-order valence-corrected chi connectivity index (χ3v) is 3.24. The van der Waals surface area contributed by atoms with Crippen molar-refractivity contribution in [3.05, 3.63) is 67.3 Å². The van der Waals surface area contributed by atoms with Crippen molar-refractivity contribution in [3.8, 4) is 11.4 Å². The van der Waals surface area contributed by atoms with Crippen LogP contribution in [0.4, 0.5) is 11.6 Å². The smallest absolute Gasteiger partial charge is 0.234 e. The van der Waals surface area contributed by atoms with E-state index >= 15 is 0 Å². The summed E-state index contributed by atoms with van der Waals surface area (Å²) in [5.41, 5.74) is 2.61. The average molecular weight is 288 g/mol. The molecule has 4 aromatic rings. The summed E-state index contributed by atoms with van der Waals surface area (Å²) < 4.78 is 1.90. The van der Waals surface area contributed by atoms with Crippen molar-refractivity contribution >= 4 is 17.4 Å². The summed E-state index contributed by atoms with van der Waals surface area (Å²) in [7, 11) is 0. The fourth-order valence-corrected chi connectivity index (χ4v) is 2.23. The minimum Gasteiger partial charge on any atom is -0.324 e. The minimum atomic E-state index is 0.544. The lowest BCUT2D eigenvalue weighted by Gasteiger charge is -2.06. The maximum atomic E-state index is 4.55. The lowest BCUT2D eigenvalue weighted by molar-refractivity contribution is 1.09. The molecule has 0 amide bonds. The van der Waals surface area contributed by atoms with Crippen molar-refractivity contribution < 1.29 is 0 Å². The molecule has 0 radical (unpaired) electrons. The van der Waals surface area contributed by atoms with E-state index < -0.39 is 0 Å². The van der Waals surface area contributed by atoms with E-state index in [9.17, 15) is 0 Å². The van der Waals surface area contributed by atoms with Gasteiger partial charge in [-0.15, -0.1) is 0 Å². The van der Waals surface area contributed by atoms with Gasteiger partial charge < -0.3 is 5.32 Å². The van der Waals surface area contributed by atoms with E-state index in [1.165, 1.54) is 0 Å². The van der Waals surface area contributed by atoms with Crippen LogP contribution in [-0.2, 0) is 0 Å². The Morgan fingerprint density at radius 3 is 2.68 bits per heavy atom. The molecule has 0 aliphatic heterocycles. The average Bonchev–Trinajstić information content (AvgIpc) is 3.00. The van der Waals surface area contributed by atoms with Crippen LogP contribution in [0, 0.1) is 0 Å². The van der Waals surface area contributed by atoms with Gasteiger partial charge in [0.05, 0.1) is 17.6 Å². The van der Waals surface area contributed by atoms with E-state index in [1.54, 1.807) is 18.6 Å². The highest BCUT2D eigenvalue weighted by molar-refractivity contribution is 5.61. The van der Waals surface area contributed by atoms with Gasteiger partial charge >= 0.3 is 0 Å². The second-order valence-corrected chi connectivity index (χ2v) is 4.69. The zero-order valence-corrected chi connectivity index (χ0v) is 11.6. The standard InChI is InChI=1S/C16H12N6/c1-2-5-12(6-3-1)20-15-17-9-7-13(21-15)14-11-19-16-18-8-4-10-22(14)16/h1-11H,(H,17,20,21). The van der Waals surface area contributed by atoms with Gasteiger partial charge in [0.25, 0.3) is 0 Å². The van der Waals surface area contributed by atoms with Gasteiger partial charge in [-0.1, -0.05) is 18.2 Å². The number of rotatable bonds is 3. The van der Waals surface area contributed by atoms with Crippen LogP contribution in [0.25, 0.3) is 17.2 Å². The highest BCUT2D eigenvalue weighted by Crippen LogP contribution is 2.19. The van der Waals surface area contributed by atoms with E-state index in [0.717, 1.165) is 17.1 Å². The number of hydrogen-bond acceptors (Lipinski definition) is 5. The number of nitrogens with one attached hydrogen (secondary N) is 1. The second-order valence-electron chi connectivity index (χ2n) is 4.69. The highest BCUT2D eigenvalue weighted by Gasteiger charge is 2.08. The maximum absolute atomic E-state index is 4.55. The van der Waals surface area contributed by atoms with Crippen molar-refractivity contribution in [2.75, 3.05) is 5.32 Å². The van der Waals surface area contributed by atoms with Gasteiger partial charge in [0.2, 0.25) is 11.7 Å². The number of fused-ring (bicyclic) bond motifs is 1. The molecule has 0 aliphatic rings. The second kappa shape index (κ2) is 5.25. The Bertz CT molecular complexity index is 916. The van der Waals surface area contributed by atoms with Crippen LogP contribution in [0.2, 0.25) is 0 Å². The molecule has 3 aromatic heterocycles. The number of nitrogens with zero attached hydrogens (tertiary/aromatic N) is 5. The minimum absolute atomic E-state index is 0.544. The van der Waals surface area contributed by atoms with Gasteiger partial charge in [0.1, 0.15) is 0 Å². The zero-order valence-electron chi connectivity index (χ0n) is 11.6. The molecule has 106 valence electrons. The normalized spacial score (nSPS) is 10.7. The van der Waals surface area contributed by atoms with E-state index in [-0.39, 0.29) is 0 Å². The van der Waals surface area contributed by atoms with E-state index in [1.807, 2.05) is 53.1 Å². The fourth-order valence-electron chi connectivity index (χ4n) is 2.23. The first kappa shape index (κ1) is 12.5. The van der Waals surface area contributed by atoms with Crippen LogP contribution in [-0.4, -0.2) is 24.3 Å². The summed E-state index contributed by atoms with van der Waals surface area (Å²) in [4.78, 5) is 17.3. The van der Waals surface area contributed by atoms with Crippen molar-refractivity contribution in [1.82, 2.24) is 24.3 Å². The molecular weight excluding hydrogens is 276 g/mol. The molecule has 0 bridgehead atoms. The molecule has 3 heterocycles. The van der Waals surface area contributed by atoms with Crippen molar-refractivity contribution in [3.63, 3.8) is 0 Å². The van der Waals surface area contributed by atoms with Crippen molar-refractivity contribution in [2.45, 2.75) is 0 Å². The van der Waals surface area contributed by atoms with Gasteiger partial charge in [-0.25, -0.2) is 19.9 Å².